The fourth-order valence-corrected chi connectivity index (χ4v) is 7.72. The highest BCUT2D eigenvalue weighted by Crippen LogP contribution is 2.49. The molecule has 0 N–H and O–H groups in total. The predicted octanol–water partition coefficient (Wildman–Crippen LogP) is 11.4. The normalized spacial score (nSPS) is 13.4. The van der Waals surface area contributed by atoms with Gasteiger partial charge in [-0.05, 0) is 90.5 Å². The highest BCUT2D eigenvalue weighted by Gasteiger charge is 2.35. The van der Waals surface area contributed by atoms with Crippen LogP contribution in [0, 0.1) is 0 Å². The van der Waals surface area contributed by atoms with Crippen molar-refractivity contribution < 1.29 is 0 Å². The maximum atomic E-state index is 2.41. The van der Waals surface area contributed by atoms with Crippen LogP contribution in [0.1, 0.15) is 25.0 Å². The zero-order chi connectivity index (χ0) is 26.8. The number of rotatable bonds is 3. The Labute approximate surface area is 239 Å². The van der Waals surface area contributed by atoms with Crippen LogP contribution in [-0.2, 0) is 5.41 Å². The lowest BCUT2D eigenvalue weighted by Crippen LogP contribution is -2.14. The van der Waals surface area contributed by atoms with Crippen molar-refractivity contribution >= 4 is 32.2 Å². The van der Waals surface area contributed by atoms with Crippen LogP contribution in [0.3, 0.4) is 0 Å². The largest absolute Gasteiger partial charge is 0.135 e. The van der Waals surface area contributed by atoms with Crippen molar-refractivity contribution in [1.29, 1.82) is 0 Å². The highest BCUT2D eigenvalue weighted by molar-refractivity contribution is 7.23. The lowest BCUT2D eigenvalue weighted by molar-refractivity contribution is 0.660. The summed E-state index contributed by atoms with van der Waals surface area (Å²) in [5.74, 6) is 0. The topological polar surface area (TPSA) is 0 Å². The zero-order valence-electron chi connectivity index (χ0n) is 22.6. The van der Waals surface area contributed by atoms with Crippen LogP contribution in [0.25, 0.3) is 64.7 Å². The van der Waals surface area contributed by atoms with Crippen LogP contribution in [0.2, 0.25) is 0 Å². The van der Waals surface area contributed by atoms with E-state index >= 15 is 0 Å². The molecule has 1 heteroatoms. The molecule has 0 atom stereocenters. The van der Waals surface area contributed by atoms with E-state index < -0.39 is 0 Å². The highest BCUT2D eigenvalue weighted by atomic mass is 32.1. The SMILES string of the molecule is CC1(C)c2ccccc2-c2ccc(-c3cccc(-c4cccc(-c5cc6ccc7ccccc7c6s5)c4)c3)cc21. The molecular formula is C39H28S. The van der Waals surface area contributed by atoms with Crippen molar-refractivity contribution in [3.63, 3.8) is 0 Å². The van der Waals surface area contributed by atoms with Crippen molar-refractivity contribution in [3.8, 4) is 43.8 Å². The first kappa shape index (κ1) is 23.4. The quantitative estimate of drug-likeness (QED) is 0.214. The second-order valence-electron chi connectivity index (χ2n) is 11.4. The zero-order valence-corrected chi connectivity index (χ0v) is 23.4. The molecule has 0 amide bonds. The molecule has 0 saturated heterocycles. The van der Waals surface area contributed by atoms with Crippen LogP contribution in [-0.4, -0.2) is 0 Å². The van der Waals surface area contributed by atoms with Gasteiger partial charge in [-0.2, -0.15) is 0 Å². The Balaban J connectivity index is 1.18. The molecule has 0 fully saturated rings. The summed E-state index contributed by atoms with van der Waals surface area (Å²) in [6.07, 6.45) is 0. The summed E-state index contributed by atoms with van der Waals surface area (Å²) in [4.78, 5) is 1.31. The van der Waals surface area contributed by atoms with Gasteiger partial charge in [0.1, 0.15) is 0 Å². The van der Waals surface area contributed by atoms with Gasteiger partial charge >= 0.3 is 0 Å². The molecule has 1 aromatic heterocycles. The molecule has 0 aliphatic heterocycles. The van der Waals surface area contributed by atoms with Gasteiger partial charge < -0.3 is 0 Å². The van der Waals surface area contributed by atoms with Gasteiger partial charge in [-0.1, -0.05) is 123 Å². The van der Waals surface area contributed by atoms with Crippen LogP contribution in [0.15, 0.2) is 133 Å². The van der Waals surface area contributed by atoms with Crippen molar-refractivity contribution in [3.05, 3.63) is 145 Å². The summed E-state index contributed by atoms with van der Waals surface area (Å²) >= 11 is 1.89. The molecule has 1 aliphatic carbocycles. The van der Waals surface area contributed by atoms with E-state index in [1.165, 1.54) is 75.8 Å². The molecule has 40 heavy (non-hydrogen) atoms. The van der Waals surface area contributed by atoms with Crippen LogP contribution in [0.5, 0.6) is 0 Å². The number of thiophene rings is 1. The van der Waals surface area contributed by atoms with E-state index in [9.17, 15) is 0 Å². The second-order valence-corrected chi connectivity index (χ2v) is 12.5. The number of fused-ring (bicyclic) bond motifs is 6. The maximum Gasteiger partial charge on any atom is 0.0427 e. The van der Waals surface area contributed by atoms with Crippen molar-refractivity contribution in [2.75, 3.05) is 0 Å². The van der Waals surface area contributed by atoms with E-state index in [2.05, 4.69) is 147 Å². The minimum atomic E-state index is 0.00343. The molecule has 0 bridgehead atoms. The lowest BCUT2D eigenvalue weighted by Gasteiger charge is -2.22. The average molecular weight is 529 g/mol. The van der Waals surface area contributed by atoms with E-state index in [4.69, 9.17) is 0 Å². The van der Waals surface area contributed by atoms with Crippen LogP contribution in [0.4, 0.5) is 0 Å². The molecule has 1 heterocycles. The number of hydrogen-bond donors (Lipinski definition) is 0. The molecule has 0 unspecified atom stereocenters. The third-order valence-corrected chi connectivity index (χ3v) is 9.90. The predicted molar refractivity (Wildman–Crippen MR) is 173 cm³/mol. The molecule has 6 aromatic carbocycles. The first-order valence-corrected chi connectivity index (χ1v) is 14.7. The standard InChI is InChI=1S/C39H28S/c1-39(2)35-16-6-5-15-33(35)34-20-19-29(23-36(34)39)27-11-7-10-26(21-27)28-12-8-13-30(22-28)37-24-31-18-17-25-9-3-4-14-32(25)38(31)40-37/h3-24H,1-2H3. The number of benzene rings is 6. The van der Waals surface area contributed by atoms with Crippen LogP contribution >= 0.6 is 11.3 Å². The van der Waals surface area contributed by atoms with Gasteiger partial charge in [-0.15, -0.1) is 11.3 Å². The van der Waals surface area contributed by atoms with E-state index in [0.29, 0.717) is 0 Å². The molecule has 0 nitrogen and oxygen atoms in total. The fraction of sp³-hybridized carbons (Fsp3) is 0.0769. The van der Waals surface area contributed by atoms with E-state index in [0.717, 1.165) is 0 Å². The maximum absolute atomic E-state index is 2.41. The molecule has 1 aliphatic rings. The van der Waals surface area contributed by atoms with E-state index in [-0.39, 0.29) is 5.41 Å². The minimum Gasteiger partial charge on any atom is -0.135 e. The fourth-order valence-electron chi connectivity index (χ4n) is 6.52. The molecule has 0 radical (unpaired) electrons. The third kappa shape index (κ3) is 3.58. The van der Waals surface area contributed by atoms with Gasteiger partial charge in [0.2, 0.25) is 0 Å². The first-order valence-electron chi connectivity index (χ1n) is 13.9. The molecule has 190 valence electrons. The summed E-state index contributed by atoms with van der Waals surface area (Å²) in [6.45, 7) is 4.69. The lowest BCUT2D eigenvalue weighted by atomic mass is 9.81. The second kappa shape index (κ2) is 8.78. The Bertz CT molecular complexity index is 2090. The summed E-state index contributed by atoms with van der Waals surface area (Å²) in [5, 5.41) is 3.95. The minimum absolute atomic E-state index is 0.00343. The Morgan fingerprint density at radius 2 is 1.07 bits per heavy atom. The van der Waals surface area contributed by atoms with Gasteiger partial charge in [-0.25, -0.2) is 0 Å². The third-order valence-electron chi connectivity index (χ3n) is 8.67. The van der Waals surface area contributed by atoms with Gasteiger partial charge in [0.05, 0.1) is 0 Å². The Morgan fingerprint density at radius 1 is 0.450 bits per heavy atom. The van der Waals surface area contributed by atoms with Crippen molar-refractivity contribution in [2.45, 2.75) is 19.3 Å². The molecule has 0 saturated carbocycles. The van der Waals surface area contributed by atoms with E-state index in [1.54, 1.807) is 0 Å². The summed E-state index contributed by atoms with van der Waals surface area (Å²) < 4.78 is 1.36. The smallest absolute Gasteiger partial charge is 0.0427 e. The van der Waals surface area contributed by atoms with Gasteiger partial charge in [0, 0.05) is 15.0 Å². The first-order chi connectivity index (χ1) is 19.6. The van der Waals surface area contributed by atoms with Gasteiger partial charge in [0.25, 0.3) is 0 Å². The Hall–Kier alpha value is -4.46. The summed E-state index contributed by atoms with van der Waals surface area (Å²) in [5.41, 5.74) is 11.9. The van der Waals surface area contributed by atoms with Crippen molar-refractivity contribution in [1.82, 2.24) is 0 Å². The Morgan fingerprint density at radius 3 is 1.90 bits per heavy atom. The molecule has 8 rings (SSSR count). The molecular weight excluding hydrogens is 500 g/mol. The molecule has 7 aromatic rings. The van der Waals surface area contributed by atoms with E-state index in [1.807, 2.05) is 11.3 Å². The monoisotopic (exact) mass is 528 g/mol. The summed E-state index contributed by atoms with van der Waals surface area (Å²) in [6, 6.07) is 49.4. The number of hydrogen-bond acceptors (Lipinski definition) is 1. The van der Waals surface area contributed by atoms with Gasteiger partial charge in [-0.3, -0.25) is 0 Å². The summed E-state index contributed by atoms with van der Waals surface area (Å²) in [7, 11) is 0. The van der Waals surface area contributed by atoms with Gasteiger partial charge in [0.15, 0.2) is 0 Å². The van der Waals surface area contributed by atoms with Crippen LogP contribution < -0.4 is 0 Å². The Kier molecular flexibility index (Phi) is 5.14. The molecule has 0 spiro atoms. The average Bonchev–Trinajstić information content (AvgIpc) is 3.55. The van der Waals surface area contributed by atoms with Crippen molar-refractivity contribution in [2.24, 2.45) is 0 Å².